The maximum absolute atomic E-state index is 12.6. The van der Waals surface area contributed by atoms with Gasteiger partial charge in [-0.15, -0.1) is 0 Å². The molecule has 4 nitrogen and oxygen atoms in total. The van der Waals surface area contributed by atoms with Gasteiger partial charge in [0.25, 0.3) is 5.91 Å². The summed E-state index contributed by atoms with van der Waals surface area (Å²) in [5, 5.41) is 1.15. The summed E-state index contributed by atoms with van der Waals surface area (Å²) in [7, 11) is 1.72. The number of nitrogens with zero attached hydrogens (tertiary/aromatic N) is 2. The zero-order chi connectivity index (χ0) is 19.2. The molecule has 0 radical (unpaired) electrons. The minimum absolute atomic E-state index is 0.0887. The van der Waals surface area contributed by atoms with Crippen molar-refractivity contribution in [2.45, 2.75) is 19.8 Å². The van der Waals surface area contributed by atoms with E-state index in [0.717, 1.165) is 24.2 Å². The van der Waals surface area contributed by atoms with Gasteiger partial charge in [0.2, 0.25) is 0 Å². The molecule has 3 rings (SSSR count). The van der Waals surface area contributed by atoms with Gasteiger partial charge in [-0.2, -0.15) is 0 Å². The molecule has 0 bridgehead atoms. The molecule has 140 valence electrons. The molecule has 1 heterocycles. The Balaban J connectivity index is 1.86. The third-order valence-electron chi connectivity index (χ3n) is 4.03. The van der Waals surface area contributed by atoms with Gasteiger partial charge >= 0.3 is 0 Å². The van der Waals surface area contributed by atoms with Crippen LogP contribution in [0.25, 0.3) is 6.08 Å². The molecular formula is C21H21ClN2O2S. The lowest BCUT2D eigenvalue weighted by Gasteiger charge is -2.09. The number of ether oxygens (including phenoxy) is 1. The first-order valence-electron chi connectivity index (χ1n) is 8.82. The van der Waals surface area contributed by atoms with E-state index in [0.29, 0.717) is 27.4 Å². The molecule has 6 heteroatoms. The predicted molar refractivity (Wildman–Crippen MR) is 114 cm³/mol. The molecule has 2 aromatic carbocycles. The quantitative estimate of drug-likeness (QED) is 0.457. The van der Waals surface area contributed by atoms with E-state index in [9.17, 15) is 4.79 Å². The molecule has 0 aliphatic carbocycles. The maximum atomic E-state index is 12.6. The van der Waals surface area contributed by atoms with E-state index in [1.165, 1.54) is 11.8 Å². The van der Waals surface area contributed by atoms with Gasteiger partial charge in [-0.3, -0.25) is 9.69 Å². The molecule has 1 saturated heterocycles. The van der Waals surface area contributed by atoms with Crippen molar-refractivity contribution in [3.63, 3.8) is 0 Å². The maximum Gasteiger partial charge on any atom is 0.266 e. The Kier molecular flexibility index (Phi) is 6.58. The molecule has 0 spiro atoms. The number of benzene rings is 2. The average Bonchev–Trinajstić information content (AvgIpc) is 2.93. The van der Waals surface area contributed by atoms with E-state index in [2.05, 4.69) is 11.9 Å². The zero-order valence-corrected chi connectivity index (χ0v) is 16.9. The van der Waals surface area contributed by atoms with Crippen molar-refractivity contribution in [1.82, 2.24) is 4.90 Å². The summed E-state index contributed by atoms with van der Waals surface area (Å²) < 4.78 is 5.86. The van der Waals surface area contributed by atoms with Crippen LogP contribution in [-0.2, 0) is 4.79 Å². The van der Waals surface area contributed by atoms with Gasteiger partial charge in [-0.1, -0.05) is 55.3 Å². The Labute approximate surface area is 168 Å². The van der Waals surface area contributed by atoms with E-state index in [1.807, 2.05) is 48.5 Å². The highest BCUT2D eigenvalue weighted by Gasteiger charge is 2.30. The summed E-state index contributed by atoms with van der Waals surface area (Å²) in [5.41, 5.74) is 1.53. The van der Waals surface area contributed by atoms with Crippen molar-refractivity contribution in [3.8, 4) is 5.75 Å². The monoisotopic (exact) mass is 400 g/mol. The first kappa shape index (κ1) is 19.5. The highest BCUT2D eigenvalue weighted by atomic mass is 35.5. The van der Waals surface area contributed by atoms with Crippen LogP contribution in [0.5, 0.6) is 5.75 Å². The van der Waals surface area contributed by atoms with Gasteiger partial charge in [-0.25, -0.2) is 4.99 Å². The molecule has 0 N–H and O–H groups in total. The van der Waals surface area contributed by atoms with Crippen LogP contribution in [-0.4, -0.2) is 29.6 Å². The fourth-order valence-corrected chi connectivity index (χ4v) is 3.64. The molecule has 0 atom stereocenters. The third-order valence-corrected chi connectivity index (χ3v) is 5.41. The van der Waals surface area contributed by atoms with Crippen LogP contribution in [0.3, 0.4) is 0 Å². The second-order valence-corrected chi connectivity index (χ2v) is 7.48. The summed E-state index contributed by atoms with van der Waals surface area (Å²) in [6.45, 7) is 2.79. The molecule has 0 unspecified atom stereocenters. The Morgan fingerprint density at radius 3 is 2.70 bits per heavy atom. The third kappa shape index (κ3) is 4.73. The fourth-order valence-electron chi connectivity index (χ4n) is 2.50. The standard InChI is InChI=1S/C21H21ClN2O2S/c1-3-4-13-26-18-12-8-5-9-15(18)14-19-20(25)24(2)21(27-19)23-17-11-7-6-10-16(17)22/h5-12,14H,3-4,13H2,1-2H3/b19-14+,23-21?. The van der Waals surface area contributed by atoms with Crippen molar-refractivity contribution in [3.05, 3.63) is 64.0 Å². The highest BCUT2D eigenvalue weighted by Crippen LogP contribution is 2.35. The average molecular weight is 401 g/mol. The smallest absolute Gasteiger partial charge is 0.266 e. The Morgan fingerprint density at radius 1 is 1.19 bits per heavy atom. The summed E-state index contributed by atoms with van der Waals surface area (Å²) in [6, 6.07) is 15.1. The van der Waals surface area contributed by atoms with E-state index >= 15 is 0 Å². The summed E-state index contributed by atoms with van der Waals surface area (Å²) in [6.07, 6.45) is 3.93. The number of carbonyl (C=O) groups is 1. The van der Waals surface area contributed by atoms with Gasteiger partial charge < -0.3 is 4.74 Å². The van der Waals surface area contributed by atoms with Crippen LogP contribution in [0, 0.1) is 0 Å². The minimum atomic E-state index is -0.0887. The molecular weight excluding hydrogens is 380 g/mol. The number of thioether (sulfide) groups is 1. The Morgan fingerprint density at radius 2 is 1.93 bits per heavy atom. The lowest BCUT2D eigenvalue weighted by molar-refractivity contribution is -0.121. The molecule has 27 heavy (non-hydrogen) atoms. The van der Waals surface area contributed by atoms with Crippen molar-refractivity contribution in [1.29, 1.82) is 0 Å². The first-order valence-corrected chi connectivity index (χ1v) is 10.0. The predicted octanol–water partition coefficient (Wildman–Crippen LogP) is 5.75. The number of hydrogen-bond donors (Lipinski definition) is 0. The van der Waals surface area contributed by atoms with Gasteiger partial charge in [0.1, 0.15) is 5.75 Å². The molecule has 1 aliphatic rings. The van der Waals surface area contributed by atoms with Crippen LogP contribution < -0.4 is 4.74 Å². The van der Waals surface area contributed by atoms with Gasteiger partial charge in [0, 0.05) is 12.6 Å². The van der Waals surface area contributed by atoms with E-state index < -0.39 is 0 Å². The molecule has 1 aliphatic heterocycles. The van der Waals surface area contributed by atoms with Crippen molar-refractivity contribution < 1.29 is 9.53 Å². The number of halogens is 1. The number of rotatable bonds is 6. The first-order chi connectivity index (χ1) is 13.1. The molecule has 2 aromatic rings. The number of carbonyl (C=O) groups excluding carboxylic acids is 1. The summed E-state index contributed by atoms with van der Waals surface area (Å²) in [5.74, 6) is 0.695. The largest absolute Gasteiger partial charge is 0.493 e. The van der Waals surface area contributed by atoms with Crippen LogP contribution in [0.15, 0.2) is 58.4 Å². The van der Waals surface area contributed by atoms with Crippen molar-refractivity contribution in [2.75, 3.05) is 13.7 Å². The van der Waals surface area contributed by atoms with E-state index in [4.69, 9.17) is 16.3 Å². The highest BCUT2D eigenvalue weighted by molar-refractivity contribution is 8.18. The number of likely N-dealkylation sites (N-methyl/N-ethyl adjacent to an activating group) is 1. The second-order valence-electron chi connectivity index (χ2n) is 6.06. The lowest BCUT2D eigenvalue weighted by atomic mass is 10.2. The van der Waals surface area contributed by atoms with E-state index in [1.54, 1.807) is 18.0 Å². The van der Waals surface area contributed by atoms with Crippen LogP contribution in [0.1, 0.15) is 25.3 Å². The van der Waals surface area contributed by atoms with E-state index in [-0.39, 0.29) is 5.91 Å². The minimum Gasteiger partial charge on any atom is -0.493 e. The Hall–Kier alpha value is -2.24. The number of amides is 1. The van der Waals surface area contributed by atoms with Crippen molar-refractivity contribution in [2.24, 2.45) is 4.99 Å². The van der Waals surface area contributed by atoms with Crippen LogP contribution in [0.4, 0.5) is 5.69 Å². The number of unbranched alkanes of at least 4 members (excludes halogenated alkanes) is 1. The van der Waals surface area contributed by atoms with Crippen molar-refractivity contribution >= 4 is 46.2 Å². The summed E-state index contributed by atoms with van der Waals surface area (Å²) in [4.78, 5) is 19.3. The zero-order valence-electron chi connectivity index (χ0n) is 15.3. The number of para-hydroxylation sites is 2. The Bertz CT molecular complexity index is 895. The SMILES string of the molecule is CCCCOc1ccccc1/C=C1/SC(=Nc2ccccc2Cl)N(C)C1=O. The molecule has 1 amide bonds. The lowest BCUT2D eigenvalue weighted by Crippen LogP contribution is -2.23. The number of amidine groups is 1. The number of hydrogen-bond acceptors (Lipinski definition) is 4. The molecule has 0 aromatic heterocycles. The van der Waals surface area contributed by atoms with Gasteiger partial charge in [0.15, 0.2) is 5.17 Å². The molecule has 0 saturated carbocycles. The van der Waals surface area contributed by atoms with Gasteiger partial charge in [-0.05, 0) is 42.5 Å². The second kappa shape index (κ2) is 9.11. The fraction of sp³-hybridized carbons (Fsp3) is 0.238. The normalized spacial score (nSPS) is 17.1. The number of aliphatic imine (C=N–C) groups is 1. The topological polar surface area (TPSA) is 41.9 Å². The van der Waals surface area contributed by atoms with Crippen LogP contribution in [0.2, 0.25) is 5.02 Å². The van der Waals surface area contributed by atoms with Gasteiger partial charge in [0.05, 0.1) is 22.2 Å². The van der Waals surface area contributed by atoms with Crippen LogP contribution >= 0.6 is 23.4 Å². The molecule has 1 fully saturated rings. The summed E-state index contributed by atoms with van der Waals surface area (Å²) >= 11 is 7.52.